The molecule has 9 heteroatoms. The molecule has 4 rings (SSSR count). The van der Waals surface area contributed by atoms with Gasteiger partial charge >= 0.3 is 6.03 Å². The number of halogens is 1. The van der Waals surface area contributed by atoms with Crippen molar-refractivity contribution < 1.29 is 23.2 Å². The standard InChI is InChI=1S/C26H29FN4O4/c1-17-23(18(2)35-30-17)16-34-24-11-4-3-10-22(24)25(32)31-12-6-7-19(15-31)14-28-26(33)29-21-9-5-8-20(27)13-21/h3-5,8-11,13,19H,6-7,12,14-16H2,1-2H3,(H2,28,29,33). The molecule has 35 heavy (non-hydrogen) atoms. The van der Waals surface area contributed by atoms with Crippen LogP contribution in [0.1, 0.15) is 40.2 Å². The molecular weight excluding hydrogens is 451 g/mol. The Morgan fingerprint density at radius 3 is 2.80 bits per heavy atom. The summed E-state index contributed by atoms with van der Waals surface area (Å²) in [5, 5.41) is 9.40. The lowest BCUT2D eigenvalue weighted by molar-refractivity contribution is 0.0670. The summed E-state index contributed by atoms with van der Waals surface area (Å²) in [6.07, 6.45) is 1.74. The molecule has 1 atom stereocenters. The molecule has 0 bridgehead atoms. The molecule has 2 N–H and O–H groups in total. The number of aromatic nitrogens is 1. The molecule has 1 aromatic heterocycles. The number of nitrogens with zero attached hydrogens (tertiary/aromatic N) is 2. The topological polar surface area (TPSA) is 96.7 Å². The van der Waals surface area contributed by atoms with Crippen molar-refractivity contribution in [1.29, 1.82) is 0 Å². The summed E-state index contributed by atoms with van der Waals surface area (Å²) >= 11 is 0. The van der Waals surface area contributed by atoms with Gasteiger partial charge in [0, 0.05) is 25.3 Å². The highest BCUT2D eigenvalue weighted by molar-refractivity contribution is 5.97. The van der Waals surface area contributed by atoms with Gasteiger partial charge in [-0.1, -0.05) is 23.4 Å². The van der Waals surface area contributed by atoms with E-state index in [1.54, 1.807) is 23.1 Å². The van der Waals surface area contributed by atoms with Gasteiger partial charge in [0.25, 0.3) is 5.91 Å². The highest BCUT2D eigenvalue weighted by Crippen LogP contribution is 2.25. The van der Waals surface area contributed by atoms with Gasteiger partial charge in [0.15, 0.2) is 0 Å². The Hall–Kier alpha value is -3.88. The summed E-state index contributed by atoms with van der Waals surface area (Å²) in [6.45, 7) is 5.52. The normalized spacial score (nSPS) is 15.5. The Morgan fingerprint density at radius 2 is 2.03 bits per heavy atom. The van der Waals surface area contributed by atoms with E-state index in [2.05, 4.69) is 15.8 Å². The number of aryl methyl sites for hydroxylation is 2. The third-order valence-electron chi connectivity index (χ3n) is 6.11. The van der Waals surface area contributed by atoms with Gasteiger partial charge in [-0.3, -0.25) is 4.79 Å². The second kappa shape index (κ2) is 11.0. The maximum absolute atomic E-state index is 13.4. The maximum Gasteiger partial charge on any atom is 0.319 e. The van der Waals surface area contributed by atoms with Crippen LogP contribution in [0.3, 0.4) is 0 Å². The first-order valence-corrected chi connectivity index (χ1v) is 11.6. The van der Waals surface area contributed by atoms with Crippen LogP contribution >= 0.6 is 0 Å². The number of anilines is 1. The zero-order valence-corrected chi connectivity index (χ0v) is 19.8. The van der Waals surface area contributed by atoms with Crippen molar-refractivity contribution in [3.63, 3.8) is 0 Å². The lowest BCUT2D eigenvalue weighted by atomic mass is 9.97. The summed E-state index contributed by atoms with van der Waals surface area (Å²) in [7, 11) is 0. The number of para-hydroxylation sites is 1. The predicted molar refractivity (Wildman–Crippen MR) is 129 cm³/mol. The molecule has 0 aliphatic carbocycles. The number of piperidine rings is 1. The minimum Gasteiger partial charge on any atom is -0.488 e. The molecule has 2 aromatic carbocycles. The van der Waals surface area contributed by atoms with E-state index in [9.17, 15) is 14.0 Å². The molecule has 1 aliphatic heterocycles. The SMILES string of the molecule is Cc1noc(C)c1COc1ccccc1C(=O)N1CCCC(CNC(=O)Nc2cccc(F)c2)C1. The van der Waals surface area contributed by atoms with E-state index >= 15 is 0 Å². The number of carbonyl (C=O) groups excluding carboxylic acids is 2. The number of likely N-dealkylation sites (tertiary alicyclic amines) is 1. The first kappa shape index (κ1) is 24.3. The van der Waals surface area contributed by atoms with E-state index in [0.29, 0.717) is 42.4 Å². The predicted octanol–water partition coefficient (Wildman–Crippen LogP) is 4.68. The zero-order chi connectivity index (χ0) is 24.8. The van der Waals surface area contributed by atoms with E-state index in [1.165, 1.54) is 18.2 Å². The monoisotopic (exact) mass is 480 g/mol. The summed E-state index contributed by atoms with van der Waals surface area (Å²) in [5.74, 6) is 0.793. The summed E-state index contributed by atoms with van der Waals surface area (Å²) in [5.41, 5.74) is 2.51. The third kappa shape index (κ3) is 6.17. The fraction of sp³-hybridized carbons (Fsp3) is 0.346. The number of rotatable bonds is 7. The number of carbonyl (C=O) groups is 2. The molecule has 1 unspecified atom stereocenters. The second-order valence-corrected chi connectivity index (χ2v) is 8.69. The molecule has 184 valence electrons. The number of hydrogen-bond donors (Lipinski definition) is 2. The van der Waals surface area contributed by atoms with E-state index in [0.717, 1.165) is 24.1 Å². The van der Waals surface area contributed by atoms with E-state index in [-0.39, 0.29) is 18.4 Å². The Labute approximate surface area is 203 Å². The molecule has 0 spiro atoms. The molecule has 0 radical (unpaired) electrons. The van der Waals surface area contributed by atoms with Crippen LogP contribution in [0.5, 0.6) is 5.75 Å². The summed E-state index contributed by atoms with van der Waals surface area (Å²) in [6, 6.07) is 12.5. The minimum absolute atomic E-state index is 0.103. The van der Waals surface area contributed by atoms with Crippen LogP contribution in [0, 0.1) is 25.6 Å². The lowest BCUT2D eigenvalue weighted by Gasteiger charge is -2.33. The summed E-state index contributed by atoms with van der Waals surface area (Å²) < 4.78 is 24.5. The van der Waals surface area contributed by atoms with Gasteiger partial charge in [-0.15, -0.1) is 0 Å². The van der Waals surface area contributed by atoms with Crippen molar-refractivity contribution in [2.24, 2.45) is 5.92 Å². The summed E-state index contributed by atoms with van der Waals surface area (Å²) in [4.78, 5) is 27.4. The van der Waals surface area contributed by atoms with Gasteiger partial charge < -0.3 is 24.8 Å². The minimum atomic E-state index is -0.416. The number of hydrogen-bond acceptors (Lipinski definition) is 5. The van der Waals surface area contributed by atoms with Crippen LogP contribution < -0.4 is 15.4 Å². The van der Waals surface area contributed by atoms with Gasteiger partial charge in [0.05, 0.1) is 16.8 Å². The maximum atomic E-state index is 13.4. The number of nitrogens with one attached hydrogen (secondary N) is 2. The molecule has 1 aliphatic rings. The van der Waals surface area contributed by atoms with Gasteiger partial charge in [0.1, 0.15) is 23.9 Å². The van der Waals surface area contributed by atoms with E-state index in [4.69, 9.17) is 9.26 Å². The second-order valence-electron chi connectivity index (χ2n) is 8.69. The highest BCUT2D eigenvalue weighted by Gasteiger charge is 2.26. The largest absolute Gasteiger partial charge is 0.488 e. The van der Waals surface area contributed by atoms with Crippen molar-refractivity contribution in [2.75, 3.05) is 25.0 Å². The van der Waals surface area contributed by atoms with Gasteiger partial charge in [0.2, 0.25) is 0 Å². The quantitative estimate of drug-likeness (QED) is 0.512. The van der Waals surface area contributed by atoms with Gasteiger partial charge in [-0.05, 0) is 62.9 Å². The van der Waals surface area contributed by atoms with Crippen LogP contribution in [0.4, 0.5) is 14.9 Å². The lowest BCUT2D eigenvalue weighted by Crippen LogP contribution is -2.44. The zero-order valence-electron chi connectivity index (χ0n) is 19.8. The Morgan fingerprint density at radius 1 is 1.20 bits per heavy atom. The van der Waals surface area contributed by atoms with Crippen LogP contribution in [0.2, 0.25) is 0 Å². The number of benzene rings is 2. The fourth-order valence-corrected chi connectivity index (χ4v) is 4.19. The average molecular weight is 481 g/mol. The number of ether oxygens (including phenoxy) is 1. The molecule has 8 nitrogen and oxygen atoms in total. The van der Waals surface area contributed by atoms with Crippen molar-refractivity contribution in [3.05, 3.63) is 76.9 Å². The smallest absolute Gasteiger partial charge is 0.319 e. The number of urea groups is 1. The van der Waals surface area contributed by atoms with E-state index < -0.39 is 11.8 Å². The van der Waals surface area contributed by atoms with Crippen LogP contribution in [0.25, 0.3) is 0 Å². The molecule has 3 amide bonds. The van der Waals surface area contributed by atoms with Crippen molar-refractivity contribution in [3.8, 4) is 5.75 Å². The van der Waals surface area contributed by atoms with Gasteiger partial charge in [-0.25, -0.2) is 9.18 Å². The molecule has 2 heterocycles. The highest BCUT2D eigenvalue weighted by atomic mass is 19.1. The van der Waals surface area contributed by atoms with Crippen LogP contribution in [0.15, 0.2) is 53.1 Å². The third-order valence-corrected chi connectivity index (χ3v) is 6.11. The molecule has 1 saturated heterocycles. The Kier molecular flexibility index (Phi) is 7.64. The van der Waals surface area contributed by atoms with Crippen LogP contribution in [-0.4, -0.2) is 41.6 Å². The molecular formula is C26H29FN4O4. The van der Waals surface area contributed by atoms with Crippen LogP contribution in [-0.2, 0) is 6.61 Å². The Balaban J connectivity index is 1.34. The molecule has 0 saturated carbocycles. The van der Waals surface area contributed by atoms with E-state index in [1.807, 2.05) is 26.0 Å². The average Bonchev–Trinajstić information content (AvgIpc) is 3.18. The molecule has 1 fully saturated rings. The fourth-order valence-electron chi connectivity index (χ4n) is 4.19. The van der Waals surface area contributed by atoms with Crippen molar-refractivity contribution in [2.45, 2.75) is 33.3 Å². The molecule has 3 aromatic rings. The first-order valence-electron chi connectivity index (χ1n) is 11.6. The Bertz CT molecular complexity index is 1180. The van der Waals surface area contributed by atoms with Crippen molar-refractivity contribution in [1.82, 2.24) is 15.4 Å². The van der Waals surface area contributed by atoms with Gasteiger partial charge in [-0.2, -0.15) is 0 Å². The van der Waals surface area contributed by atoms with Crippen molar-refractivity contribution >= 4 is 17.6 Å². The first-order chi connectivity index (χ1) is 16.9. The number of amides is 3.